The van der Waals surface area contributed by atoms with E-state index in [1.165, 1.54) is 10.9 Å². The summed E-state index contributed by atoms with van der Waals surface area (Å²) < 4.78 is 1.49. The van der Waals surface area contributed by atoms with Gasteiger partial charge in [-0.3, -0.25) is 14.2 Å². The Balaban J connectivity index is 1.73. The van der Waals surface area contributed by atoms with E-state index in [4.69, 9.17) is 5.73 Å². The van der Waals surface area contributed by atoms with Crippen LogP contribution in [0.1, 0.15) is 32.1 Å². The normalized spacial score (nSPS) is 10.9. The van der Waals surface area contributed by atoms with Crippen molar-refractivity contribution in [3.8, 4) is 5.69 Å². The van der Waals surface area contributed by atoms with Crippen molar-refractivity contribution in [2.24, 2.45) is 5.73 Å². The van der Waals surface area contributed by atoms with Gasteiger partial charge in [-0.25, -0.2) is 9.97 Å². The number of hydrogen-bond acceptors (Lipinski definition) is 4. The van der Waals surface area contributed by atoms with Crippen LogP contribution in [0.25, 0.3) is 16.7 Å². The molecular weight excluding hydrogens is 356 g/mol. The summed E-state index contributed by atoms with van der Waals surface area (Å²) in [4.78, 5) is 36.3. The minimum absolute atomic E-state index is 0.0113. The first-order chi connectivity index (χ1) is 13.4. The van der Waals surface area contributed by atoms with Crippen LogP contribution in [-0.2, 0) is 0 Å². The third-order valence-corrected chi connectivity index (χ3v) is 4.53. The molecule has 0 saturated heterocycles. The number of aryl methyl sites for hydroxylation is 2. The number of rotatable bonds is 4. The van der Waals surface area contributed by atoms with Crippen molar-refractivity contribution >= 4 is 28.5 Å². The van der Waals surface area contributed by atoms with E-state index in [1.54, 1.807) is 18.5 Å². The second-order valence-electron chi connectivity index (χ2n) is 6.55. The molecule has 0 aliphatic rings. The van der Waals surface area contributed by atoms with E-state index >= 15 is 0 Å². The monoisotopic (exact) mass is 374 g/mol. The molecule has 2 aromatic heterocycles. The number of carbonyl (C=O) groups is 2. The van der Waals surface area contributed by atoms with Gasteiger partial charge in [0.1, 0.15) is 12.0 Å². The molecule has 8 nitrogen and oxygen atoms in total. The molecule has 4 N–H and O–H groups in total. The standard InChI is InChI=1S/C20H18N6O2/c1-11-3-5-14(12(2)7-11)25-20(28)17-18(19(21)27)26(10-24-17)13-4-6-15-16(8-13)23-9-22-15/h3-10H,1-2H3,(H2,21,27)(H,22,23)(H,25,28). The highest BCUT2D eigenvalue weighted by Gasteiger charge is 2.23. The Morgan fingerprint density at radius 1 is 1.11 bits per heavy atom. The maximum Gasteiger partial charge on any atom is 0.276 e. The summed E-state index contributed by atoms with van der Waals surface area (Å²) in [6.45, 7) is 3.87. The van der Waals surface area contributed by atoms with E-state index in [9.17, 15) is 9.59 Å². The van der Waals surface area contributed by atoms with Crippen molar-refractivity contribution in [3.63, 3.8) is 0 Å². The van der Waals surface area contributed by atoms with Crippen LogP contribution in [0.3, 0.4) is 0 Å². The fraction of sp³-hybridized carbons (Fsp3) is 0.100. The van der Waals surface area contributed by atoms with Gasteiger partial charge in [-0.2, -0.15) is 0 Å². The van der Waals surface area contributed by atoms with Gasteiger partial charge in [0.05, 0.1) is 17.4 Å². The van der Waals surface area contributed by atoms with Crippen LogP contribution in [0, 0.1) is 13.8 Å². The van der Waals surface area contributed by atoms with Gasteiger partial charge in [0.2, 0.25) is 0 Å². The lowest BCUT2D eigenvalue weighted by molar-refractivity contribution is 0.0970. The molecule has 0 unspecified atom stereocenters. The Kier molecular flexibility index (Phi) is 4.15. The van der Waals surface area contributed by atoms with Crippen LogP contribution in [0.4, 0.5) is 5.69 Å². The largest absolute Gasteiger partial charge is 0.364 e. The molecule has 0 radical (unpaired) electrons. The lowest BCUT2D eigenvalue weighted by Gasteiger charge is -2.10. The van der Waals surface area contributed by atoms with Gasteiger partial charge >= 0.3 is 0 Å². The van der Waals surface area contributed by atoms with E-state index in [2.05, 4.69) is 20.3 Å². The number of anilines is 1. The molecule has 0 aliphatic heterocycles. The first-order valence-electron chi connectivity index (χ1n) is 8.63. The molecule has 2 heterocycles. The molecule has 0 saturated carbocycles. The van der Waals surface area contributed by atoms with E-state index in [0.29, 0.717) is 11.4 Å². The molecule has 140 valence electrons. The second kappa shape index (κ2) is 6.66. The number of imidazole rings is 2. The highest BCUT2D eigenvalue weighted by atomic mass is 16.2. The number of benzene rings is 2. The first-order valence-corrected chi connectivity index (χ1v) is 8.63. The first kappa shape index (κ1) is 17.5. The summed E-state index contributed by atoms with van der Waals surface area (Å²) in [6, 6.07) is 11.1. The number of fused-ring (bicyclic) bond motifs is 1. The van der Waals surface area contributed by atoms with Crippen molar-refractivity contribution in [2.75, 3.05) is 5.32 Å². The number of amides is 2. The fourth-order valence-electron chi connectivity index (χ4n) is 3.15. The number of hydrogen-bond donors (Lipinski definition) is 3. The summed E-state index contributed by atoms with van der Waals surface area (Å²) in [6.07, 6.45) is 2.99. The van der Waals surface area contributed by atoms with Crippen LogP contribution in [0.2, 0.25) is 0 Å². The topological polar surface area (TPSA) is 119 Å². The fourth-order valence-corrected chi connectivity index (χ4v) is 3.15. The van der Waals surface area contributed by atoms with Gasteiger partial charge in [-0.05, 0) is 43.7 Å². The van der Waals surface area contributed by atoms with Gasteiger partial charge in [-0.1, -0.05) is 17.7 Å². The minimum atomic E-state index is -0.745. The number of nitrogens with one attached hydrogen (secondary N) is 2. The molecule has 8 heteroatoms. The van der Waals surface area contributed by atoms with E-state index in [0.717, 1.165) is 22.2 Å². The number of nitrogens with two attached hydrogens (primary N) is 1. The lowest BCUT2D eigenvalue weighted by atomic mass is 10.1. The minimum Gasteiger partial charge on any atom is -0.364 e. The summed E-state index contributed by atoms with van der Waals surface area (Å²) in [5, 5.41) is 2.80. The number of primary amides is 1. The molecule has 2 amide bonds. The average Bonchev–Trinajstić information content (AvgIpc) is 3.29. The number of nitrogens with zero attached hydrogens (tertiary/aromatic N) is 3. The third-order valence-electron chi connectivity index (χ3n) is 4.53. The quantitative estimate of drug-likeness (QED) is 0.509. The number of H-pyrrole nitrogens is 1. The highest BCUT2D eigenvalue weighted by Crippen LogP contribution is 2.21. The predicted octanol–water partition coefficient (Wildman–Crippen LogP) is 2.72. The number of aromatic nitrogens is 4. The van der Waals surface area contributed by atoms with Crippen LogP contribution in [0.5, 0.6) is 0 Å². The predicted molar refractivity (Wildman–Crippen MR) is 106 cm³/mol. The van der Waals surface area contributed by atoms with Crippen LogP contribution in [-0.4, -0.2) is 31.3 Å². The zero-order valence-electron chi connectivity index (χ0n) is 15.4. The summed E-state index contributed by atoms with van der Waals surface area (Å²) in [5.74, 6) is -1.24. The summed E-state index contributed by atoms with van der Waals surface area (Å²) in [7, 11) is 0. The van der Waals surface area contributed by atoms with Gasteiger partial charge in [0.25, 0.3) is 11.8 Å². The van der Waals surface area contributed by atoms with Gasteiger partial charge < -0.3 is 16.0 Å². The zero-order chi connectivity index (χ0) is 19.8. The van der Waals surface area contributed by atoms with Crippen LogP contribution < -0.4 is 11.1 Å². The third kappa shape index (κ3) is 3.01. The van der Waals surface area contributed by atoms with Gasteiger partial charge in [0, 0.05) is 11.4 Å². The van der Waals surface area contributed by atoms with E-state index < -0.39 is 11.8 Å². The molecule has 28 heavy (non-hydrogen) atoms. The summed E-state index contributed by atoms with van der Waals surface area (Å²) in [5.41, 5.74) is 10.4. The van der Waals surface area contributed by atoms with E-state index in [-0.39, 0.29) is 11.4 Å². The molecular formula is C20H18N6O2. The number of carbonyl (C=O) groups excluding carboxylic acids is 2. The van der Waals surface area contributed by atoms with Crippen molar-refractivity contribution in [3.05, 3.63) is 71.6 Å². The molecule has 0 spiro atoms. The molecule has 0 atom stereocenters. The van der Waals surface area contributed by atoms with Crippen LogP contribution in [0.15, 0.2) is 49.1 Å². The number of aromatic amines is 1. The van der Waals surface area contributed by atoms with Crippen molar-refractivity contribution in [1.29, 1.82) is 0 Å². The molecule has 0 fully saturated rings. The maximum atomic E-state index is 12.8. The Bertz CT molecular complexity index is 1220. The van der Waals surface area contributed by atoms with E-state index in [1.807, 2.05) is 38.1 Å². The second-order valence-corrected chi connectivity index (χ2v) is 6.55. The molecule has 0 bridgehead atoms. The zero-order valence-corrected chi connectivity index (χ0v) is 15.4. The van der Waals surface area contributed by atoms with Crippen molar-refractivity contribution in [1.82, 2.24) is 19.5 Å². The Morgan fingerprint density at radius 3 is 2.68 bits per heavy atom. The molecule has 0 aliphatic carbocycles. The Hall–Kier alpha value is -3.94. The Morgan fingerprint density at radius 2 is 1.93 bits per heavy atom. The molecule has 4 aromatic rings. The van der Waals surface area contributed by atoms with Crippen molar-refractivity contribution in [2.45, 2.75) is 13.8 Å². The highest BCUT2D eigenvalue weighted by molar-refractivity contribution is 6.10. The Labute approximate surface area is 160 Å². The van der Waals surface area contributed by atoms with Gasteiger partial charge in [-0.15, -0.1) is 0 Å². The molecule has 2 aromatic carbocycles. The lowest BCUT2D eigenvalue weighted by Crippen LogP contribution is -2.23. The van der Waals surface area contributed by atoms with Crippen LogP contribution >= 0.6 is 0 Å². The van der Waals surface area contributed by atoms with Crippen molar-refractivity contribution < 1.29 is 9.59 Å². The average molecular weight is 374 g/mol. The smallest absolute Gasteiger partial charge is 0.276 e. The maximum absolute atomic E-state index is 12.8. The molecule has 4 rings (SSSR count). The van der Waals surface area contributed by atoms with Gasteiger partial charge in [0.15, 0.2) is 5.69 Å². The SMILES string of the molecule is Cc1ccc(NC(=O)c2ncn(-c3ccc4[nH]cnc4c3)c2C(N)=O)c(C)c1. The summed E-state index contributed by atoms with van der Waals surface area (Å²) >= 11 is 0.